The lowest BCUT2D eigenvalue weighted by Crippen LogP contribution is -1.93. The second kappa shape index (κ2) is 5.91. The first-order valence-corrected chi connectivity index (χ1v) is 10.9. The highest BCUT2D eigenvalue weighted by molar-refractivity contribution is 7.25. The van der Waals surface area contributed by atoms with Gasteiger partial charge in [-0.25, -0.2) is 0 Å². The zero-order valence-corrected chi connectivity index (χ0v) is 16.9. The summed E-state index contributed by atoms with van der Waals surface area (Å²) in [6.07, 6.45) is 1.95. The van der Waals surface area contributed by atoms with Crippen LogP contribution < -0.4 is 0 Å². The Balaban J connectivity index is 1.82. The monoisotopic (exact) mass is 400 g/mol. The second-order valence-corrected chi connectivity index (χ2v) is 8.69. The molecule has 0 N–H and O–H groups in total. The van der Waals surface area contributed by atoms with Crippen molar-refractivity contribution in [2.75, 3.05) is 0 Å². The molecule has 3 aromatic heterocycles. The summed E-state index contributed by atoms with van der Waals surface area (Å²) in [5, 5.41) is 6.31. The van der Waals surface area contributed by atoms with Crippen LogP contribution in [0.3, 0.4) is 0 Å². The molecule has 0 atom stereocenters. The van der Waals surface area contributed by atoms with E-state index in [1.165, 1.54) is 53.1 Å². The van der Waals surface area contributed by atoms with Crippen molar-refractivity contribution in [3.8, 4) is 5.69 Å². The highest BCUT2D eigenvalue weighted by Crippen LogP contribution is 2.43. The van der Waals surface area contributed by atoms with Crippen molar-refractivity contribution in [3.63, 3.8) is 0 Å². The average Bonchev–Trinajstić information content (AvgIpc) is 3.07. The van der Waals surface area contributed by atoms with Gasteiger partial charge in [0.05, 0.1) is 16.6 Å². The number of aromatic nitrogens is 2. The van der Waals surface area contributed by atoms with Crippen LogP contribution in [-0.2, 0) is 0 Å². The minimum atomic E-state index is 1.07. The topological polar surface area (TPSA) is 17.8 Å². The first-order chi connectivity index (χ1) is 14.9. The minimum Gasteiger partial charge on any atom is -0.309 e. The van der Waals surface area contributed by atoms with Crippen LogP contribution in [0, 0.1) is 0 Å². The molecule has 7 rings (SSSR count). The Morgan fingerprint density at radius 2 is 1.47 bits per heavy atom. The van der Waals surface area contributed by atoms with Crippen molar-refractivity contribution >= 4 is 64.2 Å². The van der Waals surface area contributed by atoms with E-state index in [0.29, 0.717) is 0 Å². The van der Waals surface area contributed by atoms with Crippen molar-refractivity contribution < 1.29 is 0 Å². The largest absolute Gasteiger partial charge is 0.309 e. The first kappa shape index (κ1) is 16.1. The number of rotatable bonds is 1. The number of benzene rings is 4. The summed E-state index contributed by atoms with van der Waals surface area (Å²) in [7, 11) is 0. The maximum atomic E-state index is 4.91. The number of pyridine rings is 1. The molecule has 0 saturated heterocycles. The lowest BCUT2D eigenvalue weighted by Gasteiger charge is -2.08. The van der Waals surface area contributed by atoms with E-state index in [-0.39, 0.29) is 0 Å². The SMILES string of the molecule is c1ccc(-n2c3cccc4sc5c6ccccc6ccc5c5nccc2c5c43)cc1. The number of fused-ring (bicyclic) bond motifs is 4. The molecule has 7 aromatic rings. The van der Waals surface area contributed by atoms with Gasteiger partial charge in [0.15, 0.2) is 0 Å². The highest BCUT2D eigenvalue weighted by atomic mass is 32.1. The third-order valence-corrected chi connectivity index (χ3v) is 7.23. The predicted octanol–water partition coefficient (Wildman–Crippen LogP) is 7.70. The van der Waals surface area contributed by atoms with Gasteiger partial charge in [-0.15, -0.1) is 11.3 Å². The summed E-state index contributed by atoms with van der Waals surface area (Å²) in [5.74, 6) is 0. The van der Waals surface area contributed by atoms with Crippen LogP contribution in [0.25, 0.3) is 58.6 Å². The van der Waals surface area contributed by atoms with E-state index in [2.05, 4.69) is 95.6 Å². The molecule has 0 radical (unpaired) electrons. The van der Waals surface area contributed by atoms with Gasteiger partial charge in [-0.3, -0.25) is 4.98 Å². The molecule has 30 heavy (non-hydrogen) atoms. The van der Waals surface area contributed by atoms with Crippen LogP contribution in [0.15, 0.2) is 97.2 Å². The van der Waals surface area contributed by atoms with Crippen LogP contribution in [0.2, 0.25) is 0 Å². The average molecular weight is 401 g/mol. The van der Waals surface area contributed by atoms with Crippen molar-refractivity contribution in [1.29, 1.82) is 0 Å². The predicted molar refractivity (Wildman–Crippen MR) is 129 cm³/mol. The Morgan fingerprint density at radius 1 is 0.633 bits per heavy atom. The van der Waals surface area contributed by atoms with Crippen LogP contribution in [0.1, 0.15) is 0 Å². The molecule has 2 nitrogen and oxygen atoms in total. The minimum absolute atomic E-state index is 1.07. The summed E-state index contributed by atoms with van der Waals surface area (Å²) in [4.78, 5) is 4.91. The van der Waals surface area contributed by atoms with Crippen molar-refractivity contribution in [2.45, 2.75) is 0 Å². The third kappa shape index (κ3) is 2.05. The third-order valence-electron chi connectivity index (χ3n) is 6.03. The summed E-state index contributed by atoms with van der Waals surface area (Å²) in [5.41, 5.74) is 4.68. The van der Waals surface area contributed by atoms with E-state index < -0.39 is 0 Å². The number of para-hydroxylation sites is 1. The van der Waals surface area contributed by atoms with Gasteiger partial charge in [-0.05, 0) is 41.1 Å². The van der Waals surface area contributed by atoms with Crippen LogP contribution >= 0.6 is 11.3 Å². The van der Waals surface area contributed by atoms with E-state index in [1.807, 2.05) is 17.5 Å². The van der Waals surface area contributed by atoms with Gasteiger partial charge in [0.1, 0.15) is 0 Å². The zero-order chi connectivity index (χ0) is 19.7. The molecule has 3 heteroatoms. The van der Waals surface area contributed by atoms with Gasteiger partial charge in [0, 0.05) is 37.4 Å². The molecule has 0 aliphatic heterocycles. The van der Waals surface area contributed by atoms with E-state index >= 15 is 0 Å². The van der Waals surface area contributed by atoms with Gasteiger partial charge in [-0.2, -0.15) is 0 Å². The lowest BCUT2D eigenvalue weighted by molar-refractivity contribution is 1.18. The summed E-state index contributed by atoms with van der Waals surface area (Å²) < 4.78 is 4.95. The molecule has 0 aliphatic rings. The van der Waals surface area contributed by atoms with Gasteiger partial charge >= 0.3 is 0 Å². The molecule has 0 bridgehead atoms. The highest BCUT2D eigenvalue weighted by Gasteiger charge is 2.18. The van der Waals surface area contributed by atoms with Crippen molar-refractivity contribution in [2.24, 2.45) is 0 Å². The number of nitrogens with zero attached hydrogens (tertiary/aromatic N) is 2. The van der Waals surface area contributed by atoms with Crippen LogP contribution in [0.5, 0.6) is 0 Å². The summed E-state index contributed by atoms with van der Waals surface area (Å²) in [6, 6.07) is 32.5. The molecule has 0 aliphatic carbocycles. The molecule has 0 saturated carbocycles. The van der Waals surface area contributed by atoms with Gasteiger partial charge < -0.3 is 4.57 Å². The quantitative estimate of drug-likeness (QED) is 0.276. The number of hydrogen-bond acceptors (Lipinski definition) is 2. The molecular formula is C27H16N2S. The Labute approximate surface area is 176 Å². The van der Waals surface area contributed by atoms with E-state index in [0.717, 1.165) is 5.52 Å². The molecule has 4 aromatic carbocycles. The van der Waals surface area contributed by atoms with Crippen molar-refractivity contribution in [1.82, 2.24) is 9.55 Å². The number of hydrogen-bond donors (Lipinski definition) is 0. The van der Waals surface area contributed by atoms with E-state index in [9.17, 15) is 0 Å². The second-order valence-electron chi connectivity index (χ2n) is 7.64. The maximum Gasteiger partial charge on any atom is 0.0817 e. The van der Waals surface area contributed by atoms with Gasteiger partial charge in [0.2, 0.25) is 0 Å². The fourth-order valence-corrected chi connectivity index (χ4v) is 6.01. The smallest absolute Gasteiger partial charge is 0.0817 e. The van der Waals surface area contributed by atoms with Crippen LogP contribution in [-0.4, -0.2) is 9.55 Å². The summed E-state index contributed by atoms with van der Waals surface area (Å²) in [6.45, 7) is 0. The van der Waals surface area contributed by atoms with Gasteiger partial charge in [-0.1, -0.05) is 60.7 Å². The molecule has 0 fully saturated rings. The van der Waals surface area contributed by atoms with E-state index in [4.69, 9.17) is 4.98 Å². The molecule has 0 spiro atoms. The molecular weight excluding hydrogens is 384 g/mol. The lowest BCUT2D eigenvalue weighted by atomic mass is 10.1. The van der Waals surface area contributed by atoms with Gasteiger partial charge in [0.25, 0.3) is 0 Å². The fourth-order valence-electron chi connectivity index (χ4n) is 4.77. The van der Waals surface area contributed by atoms with Crippen LogP contribution in [0.4, 0.5) is 0 Å². The zero-order valence-electron chi connectivity index (χ0n) is 16.0. The molecule has 0 amide bonds. The Morgan fingerprint density at radius 3 is 2.40 bits per heavy atom. The first-order valence-electron chi connectivity index (χ1n) is 10.1. The molecule has 140 valence electrons. The maximum absolute atomic E-state index is 4.91. The Bertz CT molecular complexity index is 1740. The molecule has 3 heterocycles. The Kier molecular flexibility index (Phi) is 3.18. The normalized spacial score (nSPS) is 12.0. The summed E-state index contributed by atoms with van der Waals surface area (Å²) >= 11 is 1.87. The Hall–Kier alpha value is -3.69. The van der Waals surface area contributed by atoms with Crippen molar-refractivity contribution in [3.05, 3.63) is 97.2 Å². The molecule has 0 unspecified atom stereocenters. The standard InChI is InChI=1S/C27H16N2S/c1-2-8-18(9-3-1)29-21-11-6-12-23-24(21)25-22(29)15-16-28-26(25)20-14-13-17-7-4-5-10-19(17)27(20)30-23/h1-16H. The van der Waals surface area contributed by atoms with E-state index in [1.54, 1.807) is 0 Å². The fraction of sp³-hybridized carbons (Fsp3) is 0.